The molecule has 0 aliphatic heterocycles. The maximum atomic E-state index is 3.86. The topological polar surface area (TPSA) is 74.8 Å². The summed E-state index contributed by atoms with van der Waals surface area (Å²) in [4.78, 5) is 11.1. The maximum absolute atomic E-state index is 3.86. The van der Waals surface area contributed by atoms with Gasteiger partial charge in [-0.25, -0.2) is 0 Å². The van der Waals surface area contributed by atoms with Crippen LogP contribution in [0.2, 0.25) is 0 Å². The Morgan fingerprint density at radius 2 is 0.183 bits per heavy atom. The molecule has 1 aromatic rings. The van der Waals surface area contributed by atoms with E-state index < -0.39 is 0 Å². The zero-order chi connectivity index (χ0) is 87.1. The lowest BCUT2D eigenvalue weighted by molar-refractivity contribution is 0.515. The molecule has 0 spiro atoms. The van der Waals surface area contributed by atoms with Crippen LogP contribution >= 0.6 is 37.9 Å². The maximum Gasteiger partial charge on any atom is 0.189 e. The van der Waals surface area contributed by atoms with Gasteiger partial charge in [-0.2, -0.15) is 15.0 Å². The minimum atomic E-state index is 0.333. The zero-order valence-electron chi connectivity index (χ0n) is 83.8. The molecule has 1 rings (SSSR count). The van der Waals surface area contributed by atoms with E-state index in [1.165, 1.54) is 656 Å². The summed E-state index contributed by atoms with van der Waals surface area (Å²) in [5.74, 6) is 0. The Kier molecular flexibility index (Phi) is 125. The number of thiol groups is 3. The molecule has 9 heteroatoms. The van der Waals surface area contributed by atoms with Crippen molar-refractivity contribution in [2.75, 3.05) is 39.3 Å². The molecule has 6 nitrogen and oxygen atoms in total. The van der Waals surface area contributed by atoms with Gasteiger partial charge in [-0.15, -0.1) is 37.9 Å². The number of hydrogen-bond acceptors (Lipinski definition) is 9. The first-order valence-corrected chi connectivity index (χ1v) is 57.7. The molecule has 0 fully saturated rings. The Hall–Kier alpha value is -0.0600. The highest BCUT2D eigenvalue weighted by Crippen LogP contribution is 2.22. The van der Waals surface area contributed by atoms with Gasteiger partial charge in [0.2, 0.25) is 0 Å². The van der Waals surface area contributed by atoms with E-state index in [9.17, 15) is 0 Å². The Morgan fingerprint density at radius 3 is 0.258 bits per heavy atom. The van der Waals surface area contributed by atoms with Gasteiger partial charge in [-0.3, -0.25) is 0 Å². The molecule has 0 amide bonds. The number of rotatable bonds is 102. The number of nitrogens with zero attached hydrogens (tertiary/aromatic N) is 3. The average molecular weight is 1740 g/mol. The standard InChI is InChI=1S/3C36H75N.C3H3N3S3/c3*1-3-5-7-9-11-13-15-17-19-21-23-25-27-29-31-33-35-37-36-34-32-30-28-26-24-22-20-18-16-14-12-10-8-6-4-2;7-1-4-2(8)6-3(9)5-1/h3*37H,3-36H2,1-2H3;(H3,4,5,6,7,8,9). The van der Waals surface area contributed by atoms with Crippen LogP contribution < -0.4 is 16.0 Å². The second kappa shape index (κ2) is 121. The third kappa shape index (κ3) is 124. The lowest BCUT2D eigenvalue weighted by Gasteiger charge is -2.06. The highest BCUT2D eigenvalue weighted by molar-refractivity contribution is 7.81. The largest absolute Gasteiger partial charge is 0.317 e. The van der Waals surface area contributed by atoms with Crippen molar-refractivity contribution in [3.63, 3.8) is 0 Å². The quantitative estimate of drug-likeness (QED) is 0.0288. The average Bonchev–Trinajstić information content (AvgIpc) is 0.914. The molecule has 0 aliphatic rings. The second-order valence-corrected chi connectivity index (χ2v) is 39.5. The Balaban J connectivity index is -0.00000162. The van der Waals surface area contributed by atoms with Crippen LogP contribution in [0.3, 0.4) is 0 Å². The highest BCUT2D eigenvalue weighted by Gasteiger charge is 2.04. The van der Waals surface area contributed by atoms with Gasteiger partial charge in [0.15, 0.2) is 15.5 Å². The van der Waals surface area contributed by atoms with Crippen molar-refractivity contribution in [2.24, 2.45) is 0 Å². The fraction of sp³-hybridized carbons (Fsp3) is 0.973. The first-order chi connectivity index (χ1) is 59.4. The van der Waals surface area contributed by atoms with Crippen LogP contribution in [0.1, 0.15) is 658 Å². The minimum Gasteiger partial charge on any atom is -0.317 e. The number of hydrogen-bond donors (Lipinski definition) is 6. The van der Waals surface area contributed by atoms with Crippen LogP contribution in [0.15, 0.2) is 15.5 Å². The smallest absolute Gasteiger partial charge is 0.189 e. The molecule has 1 heterocycles. The van der Waals surface area contributed by atoms with E-state index in [1.807, 2.05) is 0 Å². The van der Waals surface area contributed by atoms with Gasteiger partial charge in [0.25, 0.3) is 0 Å². The fourth-order valence-electron chi connectivity index (χ4n) is 17.5. The highest BCUT2D eigenvalue weighted by atomic mass is 32.1. The lowest BCUT2D eigenvalue weighted by Crippen LogP contribution is -2.16. The molecular weight excluding hydrogens is 1510 g/mol. The van der Waals surface area contributed by atoms with Crippen LogP contribution in [0.25, 0.3) is 0 Å². The van der Waals surface area contributed by atoms with Gasteiger partial charge in [0, 0.05) is 0 Å². The molecule has 0 saturated carbocycles. The molecule has 1 aromatic heterocycles. The summed E-state index contributed by atoms with van der Waals surface area (Å²) in [7, 11) is 0. The second-order valence-electron chi connectivity index (χ2n) is 38.3. The van der Waals surface area contributed by atoms with E-state index in [4.69, 9.17) is 0 Å². The van der Waals surface area contributed by atoms with E-state index in [1.54, 1.807) is 0 Å². The van der Waals surface area contributed by atoms with Crippen molar-refractivity contribution in [1.82, 2.24) is 30.9 Å². The van der Waals surface area contributed by atoms with Crippen LogP contribution in [0.4, 0.5) is 0 Å². The van der Waals surface area contributed by atoms with Crippen molar-refractivity contribution in [3.8, 4) is 0 Å². The summed E-state index contributed by atoms with van der Waals surface area (Å²) in [6.07, 6.45) is 140. The summed E-state index contributed by atoms with van der Waals surface area (Å²) in [5, 5.41) is 12.1. The molecule has 0 aliphatic carbocycles. The van der Waals surface area contributed by atoms with E-state index >= 15 is 0 Å². The molecule has 0 atom stereocenters. The van der Waals surface area contributed by atoms with E-state index in [-0.39, 0.29) is 0 Å². The van der Waals surface area contributed by atoms with Gasteiger partial charge >= 0.3 is 0 Å². The molecule has 720 valence electrons. The minimum absolute atomic E-state index is 0.333. The van der Waals surface area contributed by atoms with Crippen molar-refractivity contribution in [2.45, 2.75) is 673 Å². The molecule has 0 aromatic carbocycles. The predicted molar refractivity (Wildman–Crippen MR) is 557 cm³/mol. The lowest BCUT2D eigenvalue weighted by atomic mass is 10.0. The fourth-order valence-corrected chi connectivity index (χ4v) is 18.3. The van der Waals surface area contributed by atoms with Crippen LogP contribution in [-0.4, -0.2) is 54.2 Å². The van der Waals surface area contributed by atoms with Crippen molar-refractivity contribution in [3.05, 3.63) is 0 Å². The Labute approximate surface area is 776 Å². The first kappa shape index (κ1) is 124. The van der Waals surface area contributed by atoms with Crippen molar-refractivity contribution >= 4 is 37.9 Å². The van der Waals surface area contributed by atoms with Crippen LogP contribution in [0.5, 0.6) is 0 Å². The van der Waals surface area contributed by atoms with Crippen molar-refractivity contribution < 1.29 is 0 Å². The third-order valence-electron chi connectivity index (χ3n) is 25.8. The zero-order valence-corrected chi connectivity index (χ0v) is 86.5. The Morgan fingerprint density at radius 1 is 0.117 bits per heavy atom. The molecule has 120 heavy (non-hydrogen) atoms. The predicted octanol–water partition coefficient (Wildman–Crippen LogP) is 40.0. The summed E-state index contributed by atoms with van der Waals surface area (Å²) >= 11 is 11.6. The number of unbranched alkanes of at least 4 members (excludes halogenated alkanes) is 90. The third-order valence-corrected chi connectivity index (χ3v) is 26.4. The van der Waals surface area contributed by atoms with Gasteiger partial charge in [-0.1, -0.05) is 619 Å². The van der Waals surface area contributed by atoms with Crippen molar-refractivity contribution in [1.29, 1.82) is 0 Å². The monoisotopic (exact) mass is 1740 g/mol. The molecule has 0 radical (unpaired) electrons. The van der Waals surface area contributed by atoms with E-state index in [0.29, 0.717) is 15.5 Å². The van der Waals surface area contributed by atoms with E-state index in [0.717, 1.165) is 0 Å². The molecular formula is C111H228N6S3. The normalized spacial score (nSPS) is 11.4. The van der Waals surface area contributed by atoms with Crippen LogP contribution in [-0.2, 0) is 0 Å². The van der Waals surface area contributed by atoms with Gasteiger partial charge in [-0.05, 0) is 77.8 Å². The Bertz CT molecular complexity index is 1540. The van der Waals surface area contributed by atoms with Gasteiger partial charge < -0.3 is 16.0 Å². The molecule has 0 unspecified atom stereocenters. The van der Waals surface area contributed by atoms with E-state index in [2.05, 4.69) is 110 Å². The molecule has 0 bridgehead atoms. The molecule has 3 N–H and O–H groups in total. The summed E-state index contributed by atoms with van der Waals surface area (Å²) < 4.78 is 0. The van der Waals surface area contributed by atoms with Gasteiger partial charge in [0.1, 0.15) is 0 Å². The number of aromatic nitrogens is 3. The van der Waals surface area contributed by atoms with Crippen LogP contribution in [0, 0.1) is 0 Å². The summed E-state index contributed by atoms with van der Waals surface area (Å²) in [6, 6.07) is 0. The molecule has 0 saturated heterocycles. The first-order valence-electron chi connectivity index (χ1n) is 56.4. The summed E-state index contributed by atoms with van der Waals surface area (Å²) in [6.45, 7) is 21.3. The number of nitrogens with one attached hydrogen (secondary N) is 3. The van der Waals surface area contributed by atoms with Gasteiger partial charge in [0.05, 0.1) is 0 Å². The summed E-state index contributed by atoms with van der Waals surface area (Å²) in [5.41, 5.74) is 0. The SMILES string of the molecule is CCCCCCCCCCCCCCCCCCNCCCCCCCCCCCCCCCCCC.CCCCCCCCCCCCCCCCCCNCCCCCCCCCCCCCCCCCC.CCCCCCCCCCCCCCCCCCNCCCCCCCCCCCCCCCCCC.Sc1nc(S)nc(S)n1.